The van der Waals surface area contributed by atoms with E-state index in [1.54, 1.807) is 30.4 Å². The van der Waals surface area contributed by atoms with Crippen molar-refractivity contribution in [3.05, 3.63) is 48.2 Å². The minimum Gasteiger partial charge on any atom is -0.481 e. The second-order valence-electron chi connectivity index (χ2n) is 5.74. The Kier molecular flexibility index (Phi) is 2.41. The van der Waals surface area contributed by atoms with Crippen LogP contribution in [0.15, 0.2) is 48.2 Å². The first-order valence-corrected chi connectivity index (χ1v) is 6.79. The van der Waals surface area contributed by atoms with Gasteiger partial charge in [0, 0.05) is 0 Å². The first-order chi connectivity index (χ1) is 10.1. The van der Waals surface area contributed by atoms with Crippen molar-refractivity contribution in [3.8, 4) is 0 Å². The first-order valence-electron chi connectivity index (χ1n) is 6.79. The Balaban J connectivity index is 1.86. The van der Waals surface area contributed by atoms with Gasteiger partial charge in [-0.2, -0.15) is 0 Å². The number of allylic oxidation sites excluding steroid dienone is 2. The van der Waals surface area contributed by atoms with Crippen molar-refractivity contribution in [2.24, 2.45) is 17.1 Å². The maximum Gasteiger partial charge on any atom is 0.312 e. The lowest BCUT2D eigenvalue weighted by Gasteiger charge is -2.44. The van der Waals surface area contributed by atoms with Crippen LogP contribution in [0.1, 0.15) is 0 Å². The summed E-state index contributed by atoms with van der Waals surface area (Å²) in [6.07, 6.45) is 9.90. The standard InChI is InChI=1S/C15H15NO5/c16-15(5-2-1-3-9(15)12(17)18)14-7-20-10-4-6-19-13(11(10)14)21-8-14/h1-6,9-10H,7-8,16H2,(H,17,18). The average molecular weight is 289 g/mol. The number of hydrogen-bond donors (Lipinski definition) is 2. The molecule has 3 N–H and O–H groups in total. The molecule has 1 aliphatic carbocycles. The normalized spacial score (nSPS) is 42.7. The number of aliphatic carboxylic acids is 1. The Hall–Kier alpha value is -2.05. The van der Waals surface area contributed by atoms with Crippen molar-refractivity contribution in [1.29, 1.82) is 0 Å². The highest BCUT2D eigenvalue weighted by Gasteiger charge is 2.65. The minimum absolute atomic E-state index is 0.258. The van der Waals surface area contributed by atoms with Gasteiger partial charge in [0.2, 0.25) is 0 Å². The van der Waals surface area contributed by atoms with Crippen molar-refractivity contribution in [1.82, 2.24) is 0 Å². The van der Waals surface area contributed by atoms with Gasteiger partial charge >= 0.3 is 5.97 Å². The molecule has 3 aliphatic heterocycles. The van der Waals surface area contributed by atoms with Crippen LogP contribution in [-0.4, -0.2) is 35.9 Å². The van der Waals surface area contributed by atoms with Crippen molar-refractivity contribution < 1.29 is 24.1 Å². The summed E-state index contributed by atoms with van der Waals surface area (Å²) in [5, 5.41) is 9.55. The summed E-state index contributed by atoms with van der Waals surface area (Å²) >= 11 is 0. The Morgan fingerprint density at radius 3 is 3.00 bits per heavy atom. The van der Waals surface area contributed by atoms with E-state index in [0.29, 0.717) is 12.6 Å². The molecular formula is C15H15NO5. The molecule has 110 valence electrons. The number of carboxylic acid groups (broad SMARTS) is 1. The highest BCUT2D eigenvalue weighted by atomic mass is 16.7. The van der Waals surface area contributed by atoms with Gasteiger partial charge in [0.05, 0.1) is 35.3 Å². The highest BCUT2D eigenvalue weighted by molar-refractivity contribution is 5.76. The van der Waals surface area contributed by atoms with Crippen molar-refractivity contribution in [2.45, 2.75) is 11.6 Å². The van der Waals surface area contributed by atoms with Crippen molar-refractivity contribution in [3.63, 3.8) is 0 Å². The number of nitrogens with two attached hydrogens (primary N) is 1. The summed E-state index contributed by atoms with van der Waals surface area (Å²) in [6, 6.07) is 0. The maximum atomic E-state index is 11.7. The van der Waals surface area contributed by atoms with Crippen molar-refractivity contribution in [2.75, 3.05) is 13.2 Å². The van der Waals surface area contributed by atoms with Crippen molar-refractivity contribution >= 4 is 5.97 Å². The predicted octanol–water partition coefficient (Wildman–Crippen LogP) is 0.682. The summed E-state index contributed by atoms with van der Waals surface area (Å²) in [5.41, 5.74) is 5.58. The minimum atomic E-state index is -1.12. The predicted molar refractivity (Wildman–Crippen MR) is 71.7 cm³/mol. The lowest BCUT2D eigenvalue weighted by atomic mass is 9.60. The Bertz CT molecular complexity index is 634. The van der Waals surface area contributed by atoms with E-state index in [-0.39, 0.29) is 12.7 Å². The van der Waals surface area contributed by atoms with Crippen LogP contribution in [0.4, 0.5) is 0 Å². The molecule has 0 aromatic carbocycles. The molecule has 0 bridgehead atoms. The molecule has 4 aliphatic rings. The summed E-state index contributed by atoms with van der Waals surface area (Å²) in [6.45, 7) is 0.566. The summed E-state index contributed by atoms with van der Waals surface area (Å²) in [7, 11) is 0. The fourth-order valence-corrected chi connectivity index (χ4v) is 3.66. The van der Waals surface area contributed by atoms with E-state index in [1.807, 2.05) is 0 Å². The van der Waals surface area contributed by atoms with Crippen LogP contribution in [0.25, 0.3) is 0 Å². The van der Waals surface area contributed by atoms with Crippen LogP contribution in [0, 0.1) is 11.3 Å². The summed E-state index contributed by atoms with van der Waals surface area (Å²) in [4.78, 5) is 11.7. The topological polar surface area (TPSA) is 91.0 Å². The third-order valence-corrected chi connectivity index (χ3v) is 4.80. The van der Waals surface area contributed by atoms with Gasteiger partial charge in [-0.25, -0.2) is 0 Å². The van der Waals surface area contributed by atoms with E-state index in [9.17, 15) is 9.90 Å². The van der Waals surface area contributed by atoms with Crippen LogP contribution in [0.5, 0.6) is 0 Å². The van der Waals surface area contributed by atoms with E-state index < -0.39 is 22.8 Å². The van der Waals surface area contributed by atoms with Gasteiger partial charge in [-0.15, -0.1) is 0 Å². The fraction of sp³-hybridized carbons (Fsp3) is 0.400. The molecule has 0 spiro atoms. The molecule has 0 amide bonds. The number of carboxylic acids is 1. The number of hydrogen-bond acceptors (Lipinski definition) is 5. The first kappa shape index (κ1) is 12.7. The molecule has 6 nitrogen and oxygen atoms in total. The zero-order valence-electron chi connectivity index (χ0n) is 11.2. The largest absolute Gasteiger partial charge is 0.481 e. The molecule has 4 unspecified atom stereocenters. The zero-order chi connectivity index (χ0) is 14.7. The second kappa shape index (κ2) is 3.99. The van der Waals surface area contributed by atoms with Crippen LogP contribution >= 0.6 is 0 Å². The smallest absolute Gasteiger partial charge is 0.312 e. The average Bonchev–Trinajstić information content (AvgIpc) is 3.04. The van der Waals surface area contributed by atoms with Gasteiger partial charge in [0.25, 0.3) is 5.95 Å². The van der Waals surface area contributed by atoms with E-state index in [0.717, 1.165) is 5.57 Å². The molecule has 0 radical (unpaired) electrons. The molecule has 1 fully saturated rings. The van der Waals surface area contributed by atoms with Gasteiger partial charge in [-0.3, -0.25) is 4.79 Å². The molecule has 3 heterocycles. The van der Waals surface area contributed by atoms with Crippen LogP contribution in [0.3, 0.4) is 0 Å². The molecular weight excluding hydrogens is 274 g/mol. The molecule has 4 atom stereocenters. The number of rotatable bonds is 2. The molecule has 21 heavy (non-hydrogen) atoms. The van der Waals surface area contributed by atoms with Gasteiger partial charge in [-0.1, -0.05) is 24.3 Å². The molecule has 6 heteroatoms. The van der Waals surface area contributed by atoms with E-state index >= 15 is 0 Å². The summed E-state index contributed by atoms with van der Waals surface area (Å²) in [5.74, 6) is -1.40. The Morgan fingerprint density at radius 1 is 1.33 bits per heavy atom. The quantitative estimate of drug-likeness (QED) is 0.777. The number of carbonyl (C=O) groups is 1. The monoisotopic (exact) mass is 289 g/mol. The molecule has 1 saturated heterocycles. The van der Waals surface area contributed by atoms with E-state index in [4.69, 9.17) is 19.9 Å². The van der Waals surface area contributed by atoms with Crippen LogP contribution < -0.4 is 5.73 Å². The third-order valence-electron chi connectivity index (χ3n) is 4.80. The molecule has 4 rings (SSSR count). The van der Waals surface area contributed by atoms with E-state index in [1.165, 1.54) is 6.26 Å². The second-order valence-corrected chi connectivity index (χ2v) is 5.74. The number of ether oxygens (including phenoxy) is 3. The van der Waals surface area contributed by atoms with Crippen LogP contribution in [0.2, 0.25) is 0 Å². The Labute approximate surface area is 121 Å². The maximum absolute atomic E-state index is 11.7. The summed E-state index contributed by atoms with van der Waals surface area (Å²) < 4.78 is 16.8. The van der Waals surface area contributed by atoms with Gasteiger partial charge in [0.15, 0.2) is 0 Å². The molecule has 0 saturated carbocycles. The highest BCUT2D eigenvalue weighted by Crippen LogP contribution is 2.56. The third kappa shape index (κ3) is 1.41. The SMILES string of the molecule is NC1(C23COC4=C2C(C=CO4)OC3)C=CC=CC1C(=O)O. The van der Waals surface area contributed by atoms with Gasteiger partial charge in [-0.05, 0) is 6.08 Å². The fourth-order valence-electron chi connectivity index (χ4n) is 3.66. The molecule has 0 aromatic rings. The lowest BCUT2D eigenvalue weighted by Crippen LogP contribution is -2.63. The van der Waals surface area contributed by atoms with E-state index in [2.05, 4.69) is 0 Å². The van der Waals surface area contributed by atoms with Gasteiger partial charge < -0.3 is 25.1 Å². The van der Waals surface area contributed by atoms with Gasteiger partial charge in [0.1, 0.15) is 12.7 Å². The lowest BCUT2D eigenvalue weighted by molar-refractivity contribution is -0.143. The Morgan fingerprint density at radius 2 is 2.19 bits per heavy atom. The zero-order valence-corrected chi connectivity index (χ0v) is 11.2. The molecule has 0 aromatic heterocycles. The van der Waals surface area contributed by atoms with Crippen LogP contribution in [-0.2, 0) is 19.0 Å².